The zero-order valence-corrected chi connectivity index (χ0v) is 14.2. The van der Waals surface area contributed by atoms with Crippen LogP contribution in [0.2, 0.25) is 0 Å². The van der Waals surface area contributed by atoms with Crippen LogP contribution < -0.4 is 10.6 Å². The number of imidazole rings is 1. The molecule has 3 aromatic rings. The van der Waals surface area contributed by atoms with E-state index in [0.717, 1.165) is 54.5 Å². The average Bonchev–Trinajstić information content (AvgIpc) is 3.05. The molecule has 3 heterocycles. The first kappa shape index (κ1) is 15.5. The van der Waals surface area contributed by atoms with E-state index in [1.165, 1.54) is 0 Å². The minimum atomic E-state index is 0.148. The lowest BCUT2D eigenvalue weighted by molar-refractivity contribution is -0.129. The number of carbonyl (C=O) groups is 1. The topological polar surface area (TPSA) is 66.9 Å². The molecular formula is C19H21N5O. The van der Waals surface area contributed by atoms with Crippen molar-refractivity contribution < 1.29 is 4.79 Å². The number of nitrogens with two attached hydrogens (primary N) is 1. The number of carbonyl (C=O) groups excluding carboxylic acids is 1. The smallest absolute Gasteiger partial charge is 0.219 e. The Labute approximate surface area is 146 Å². The predicted octanol–water partition coefficient (Wildman–Crippen LogP) is 2.25. The molecule has 1 aromatic carbocycles. The van der Waals surface area contributed by atoms with Crippen LogP contribution in [0, 0.1) is 0 Å². The van der Waals surface area contributed by atoms with E-state index in [0.29, 0.717) is 0 Å². The van der Waals surface area contributed by atoms with Gasteiger partial charge in [0.05, 0.1) is 11.9 Å². The number of rotatable bonds is 2. The highest BCUT2D eigenvalue weighted by Crippen LogP contribution is 2.25. The summed E-state index contributed by atoms with van der Waals surface area (Å²) in [5.41, 5.74) is 10.8. The van der Waals surface area contributed by atoms with Crippen molar-refractivity contribution >= 4 is 22.9 Å². The van der Waals surface area contributed by atoms with Crippen molar-refractivity contribution in [1.82, 2.24) is 14.3 Å². The van der Waals surface area contributed by atoms with Crippen LogP contribution in [-0.2, 0) is 4.79 Å². The quantitative estimate of drug-likeness (QED) is 0.730. The van der Waals surface area contributed by atoms with E-state index in [2.05, 4.69) is 26.4 Å². The summed E-state index contributed by atoms with van der Waals surface area (Å²) in [4.78, 5) is 20.2. The third kappa shape index (κ3) is 2.91. The second kappa shape index (κ2) is 6.12. The van der Waals surface area contributed by atoms with Gasteiger partial charge in [0.15, 0.2) is 0 Å². The summed E-state index contributed by atoms with van der Waals surface area (Å²) < 4.78 is 2.07. The zero-order chi connectivity index (χ0) is 17.4. The van der Waals surface area contributed by atoms with Crippen molar-refractivity contribution in [2.45, 2.75) is 6.92 Å². The molecule has 2 N–H and O–H groups in total. The van der Waals surface area contributed by atoms with Gasteiger partial charge in [0.25, 0.3) is 0 Å². The highest BCUT2D eigenvalue weighted by atomic mass is 16.2. The van der Waals surface area contributed by atoms with Crippen LogP contribution in [0.3, 0.4) is 0 Å². The number of nitrogen functional groups attached to an aromatic ring is 1. The number of hydrogen-bond donors (Lipinski definition) is 1. The predicted molar refractivity (Wildman–Crippen MR) is 99.5 cm³/mol. The van der Waals surface area contributed by atoms with Gasteiger partial charge < -0.3 is 15.5 Å². The Balaban J connectivity index is 1.61. The molecule has 0 unspecified atom stereocenters. The lowest BCUT2D eigenvalue weighted by atomic mass is 10.1. The van der Waals surface area contributed by atoms with Crippen LogP contribution in [0.5, 0.6) is 0 Å². The van der Waals surface area contributed by atoms with Gasteiger partial charge in [0.2, 0.25) is 5.91 Å². The van der Waals surface area contributed by atoms with E-state index in [4.69, 9.17) is 5.73 Å². The van der Waals surface area contributed by atoms with Crippen LogP contribution in [0.15, 0.2) is 48.8 Å². The fourth-order valence-corrected chi connectivity index (χ4v) is 3.36. The maximum Gasteiger partial charge on any atom is 0.219 e. The number of hydrogen-bond acceptors (Lipinski definition) is 4. The van der Waals surface area contributed by atoms with Gasteiger partial charge in [-0.15, -0.1) is 0 Å². The molecule has 0 spiro atoms. The molecule has 4 rings (SSSR count). The number of benzene rings is 1. The van der Waals surface area contributed by atoms with E-state index in [9.17, 15) is 4.79 Å². The Morgan fingerprint density at radius 2 is 1.92 bits per heavy atom. The van der Waals surface area contributed by atoms with Crippen LogP contribution >= 0.6 is 0 Å². The standard InChI is InChI=1S/C19H21N5O/c1-14(25)22-7-9-23(10-8-22)17-5-6-24-18(13-21-19(24)12-17)15-3-2-4-16(20)11-15/h2-6,11-13H,7-10,20H2,1H3. The molecule has 128 valence electrons. The van der Waals surface area contributed by atoms with Crippen molar-refractivity contribution in [2.75, 3.05) is 36.8 Å². The number of nitrogens with zero attached hydrogens (tertiary/aromatic N) is 4. The summed E-state index contributed by atoms with van der Waals surface area (Å²) in [5.74, 6) is 0.148. The van der Waals surface area contributed by atoms with Crippen molar-refractivity contribution in [1.29, 1.82) is 0 Å². The van der Waals surface area contributed by atoms with Crippen LogP contribution in [0.25, 0.3) is 16.9 Å². The summed E-state index contributed by atoms with van der Waals surface area (Å²) in [6.45, 7) is 4.86. The molecule has 0 aliphatic carbocycles. The largest absolute Gasteiger partial charge is 0.399 e. The Hall–Kier alpha value is -3.02. The van der Waals surface area contributed by atoms with Gasteiger partial charge in [-0.3, -0.25) is 9.20 Å². The molecule has 0 bridgehead atoms. The lowest BCUT2D eigenvalue weighted by Gasteiger charge is -2.35. The molecule has 1 aliphatic heterocycles. The van der Waals surface area contributed by atoms with E-state index in [1.807, 2.05) is 41.6 Å². The van der Waals surface area contributed by atoms with Gasteiger partial charge in [0, 0.05) is 62.3 Å². The Bertz CT molecular complexity index is 924. The third-order valence-corrected chi connectivity index (χ3v) is 4.77. The van der Waals surface area contributed by atoms with Crippen molar-refractivity contribution in [2.24, 2.45) is 0 Å². The lowest BCUT2D eigenvalue weighted by Crippen LogP contribution is -2.48. The van der Waals surface area contributed by atoms with Crippen LogP contribution in [-0.4, -0.2) is 46.4 Å². The number of piperazine rings is 1. The molecule has 0 atom stereocenters. The highest BCUT2D eigenvalue weighted by molar-refractivity contribution is 5.74. The fourth-order valence-electron chi connectivity index (χ4n) is 3.36. The van der Waals surface area contributed by atoms with Crippen molar-refractivity contribution in [3.63, 3.8) is 0 Å². The second-order valence-electron chi connectivity index (χ2n) is 6.38. The summed E-state index contributed by atoms with van der Waals surface area (Å²) >= 11 is 0. The van der Waals surface area contributed by atoms with E-state index in [-0.39, 0.29) is 5.91 Å². The number of aromatic nitrogens is 2. The highest BCUT2D eigenvalue weighted by Gasteiger charge is 2.19. The van der Waals surface area contributed by atoms with Gasteiger partial charge in [-0.25, -0.2) is 4.98 Å². The van der Waals surface area contributed by atoms with E-state index in [1.54, 1.807) is 6.92 Å². The van der Waals surface area contributed by atoms with Crippen molar-refractivity contribution in [3.05, 3.63) is 48.8 Å². The number of fused-ring (bicyclic) bond motifs is 1. The van der Waals surface area contributed by atoms with Crippen LogP contribution in [0.4, 0.5) is 11.4 Å². The molecule has 1 saturated heterocycles. The van der Waals surface area contributed by atoms with Gasteiger partial charge >= 0.3 is 0 Å². The first-order valence-electron chi connectivity index (χ1n) is 8.45. The minimum absolute atomic E-state index is 0.148. The number of anilines is 2. The number of pyridine rings is 1. The maximum atomic E-state index is 11.5. The van der Waals surface area contributed by atoms with Gasteiger partial charge in [-0.05, 0) is 18.2 Å². The normalized spacial score (nSPS) is 14.9. The first-order chi connectivity index (χ1) is 12.1. The Morgan fingerprint density at radius 3 is 2.64 bits per heavy atom. The molecule has 25 heavy (non-hydrogen) atoms. The molecule has 1 fully saturated rings. The SMILES string of the molecule is CC(=O)N1CCN(c2ccn3c(-c4cccc(N)c4)cnc3c2)CC1. The molecule has 6 heteroatoms. The van der Waals surface area contributed by atoms with E-state index < -0.39 is 0 Å². The Kier molecular flexibility index (Phi) is 3.80. The fraction of sp³-hybridized carbons (Fsp3) is 0.263. The van der Waals surface area contributed by atoms with Crippen molar-refractivity contribution in [3.8, 4) is 11.3 Å². The summed E-state index contributed by atoms with van der Waals surface area (Å²) in [6, 6.07) is 12.0. The summed E-state index contributed by atoms with van der Waals surface area (Å²) in [5, 5.41) is 0. The molecule has 6 nitrogen and oxygen atoms in total. The zero-order valence-electron chi connectivity index (χ0n) is 14.2. The van der Waals surface area contributed by atoms with Gasteiger partial charge in [-0.2, -0.15) is 0 Å². The molecule has 0 radical (unpaired) electrons. The monoisotopic (exact) mass is 335 g/mol. The van der Waals surface area contributed by atoms with Gasteiger partial charge in [-0.1, -0.05) is 12.1 Å². The Morgan fingerprint density at radius 1 is 1.12 bits per heavy atom. The molecule has 0 saturated carbocycles. The maximum absolute atomic E-state index is 11.5. The average molecular weight is 335 g/mol. The summed E-state index contributed by atoms with van der Waals surface area (Å²) in [6.07, 6.45) is 3.93. The third-order valence-electron chi connectivity index (χ3n) is 4.77. The second-order valence-corrected chi connectivity index (χ2v) is 6.38. The van der Waals surface area contributed by atoms with Gasteiger partial charge in [0.1, 0.15) is 5.65 Å². The van der Waals surface area contributed by atoms with E-state index >= 15 is 0 Å². The molecular weight excluding hydrogens is 314 g/mol. The molecule has 2 aromatic heterocycles. The summed E-state index contributed by atoms with van der Waals surface area (Å²) in [7, 11) is 0. The number of amides is 1. The minimum Gasteiger partial charge on any atom is -0.399 e. The molecule has 1 amide bonds. The molecule has 1 aliphatic rings. The van der Waals surface area contributed by atoms with Crippen LogP contribution in [0.1, 0.15) is 6.92 Å². The first-order valence-corrected chi connectivity index (χ1v) is 8.45.